The van der Waals surface area contributed by atoms with Crippen molar-refractivity contribution in [2.75, 3.05) is 6.61 Å². The summed E-state index contributed by atoms with van der Waals surface area (Å²) < 4.78 is 5.36. The van der Waals surface area contributed by atoms with Crippen molar-refractivity contribution in [1.29, 1.82) is 0 Å². The molecule has 0 aromatic heterocycles. The van der Waals surface area contributed by atoms with Crippen molar-refractivity contribution >= 4 is 11.9 Å². The highest BCUT2D eigenvalue weighted by atomic mass is 16.5. The van der Waals surface area contributed by atoms with Gasteiger partial charge >= 0.3 is 5.97 Å². The smallest absolute Gasteiger partial charge is 0.313 e. The summed E-state index contributed by atoms with van der Waals surface area (Å²) in [5, 5.41) is 3.01. The maximum absolute atomic E-state index is 12.4. The molecule has 4 nitrogen and oxygen atoms in total. The van der Waals surface area contributed by atoms with Crippen LogP contribution in [-0.2, 0) is 14.3 Å². The third kappa shape index (κ3) is 4.00. The Morgan fingerprint density at radius 1 is 1.46 bits per heavy atom. The molecule has 1 N–H and O–H groups in total. The largest absolute Gasteiger partial charge is 0.465 e. The van der Waals surface area contributed by atoms with Crippen LogP contribution < -0.4 is 5.32 Å². The van der Waals surface area contributed by atoms with E-state index in [0.29, 0.717) is 31.8 Å². The number of cyclic esters (lactones) is 1. The number of hydrogen-bond acceptors (Lipinski definition) is 3. The first-order valence-corrected chi connectivity index (χ1v) is 9.59. The van der Waals surface area contributed by atoms with Gasteiger partial charge in [0, 0.05) is 25.9 Å². The molecule has 0 spiro atoms. The van der Waals surface area contributed by atoms with Gasteiger partial charge in [0.15, 0.2) is 0 Å². The molecule has 3 aliphatic rings. The van der Waals surface area contributed by atoms with Gasteiger partial charge in [-0.2, -0.15) is 0 Å². The molecule has 0 bridgehead atoms. The van der Waals surface area contributed by atoms with Crippen molar-refractivity contribution in [2.45, 2.75) is 52.4 Å². The zero-order valence-electron chi connectivity index (χ0n) is 15.8. The number of ether oxygens (including phenoxy) is 1. The van der Waals surface area contributed by atoms with Crippen LogP contribution >= 0.6 is 0 Å². The lowest BCUT2D eigenvalue weighted by molar-refractivity contribution is -0.146. The molecule has 1 saturated heterocycles. The minimum atomic E-state index is -0.438. The molecule has 0 aromatic rings. The van der Waals surface area contributed by atoms with E-state index in [0.717, 1.165) is 36.1 Å². The molecular weight excluding hydrogens is 326 g/mol. The molecule has 0 radical (unpaired) electrons. The van der Waals surface area contributed by atoms with Gasteiger partial charge in [0.05, 0.1) is 12.0 Å². The van der Waals surface area contributed by atoms with E-state index in [2.05, 4.69) is 37.9 Å². The number of nitrogens with one attached hydrogen (secondary N) is 1. The zero-order chi connectivity index (χ0) is 18.7. The maximum atomic E-state index is 12.4. The number of carbonyl (C=O) groups excluding carboxylic acids is 2. The van der Waals surface area contributed by atoms with Crippen molar-refractivity contribution in [3.63, 3.8) is 0 Å². The normalized spacial score (nSPS) is 27.7. The monoisotopic (exact) mass is 357 g/mol. The number of rotatable bonds is 6. The third-order valence-corrected chi connectivity index (χ3v) is 5.64. The van der Waals surface area contributed by atoms with Gasteiger partial charge in [-0.15, -0.1) is 0 Å². The Balaban J connectivity index is 0.00000261. The summed E-state index contributed by atoms with van der Waals surface area (Å²) in [5.41, 5.74) is 2.73. The first kappa shape index (κ1) is 18.7. The Morgan fingerprint density at radius 2 is 2.27 bits per heavy atom. The second-order valence-electron chi connectivity index (χ2n) is 8.28. The standard InChI is InChI=1S/C22H29NO3.H2/c1-15(2)7-10-20(24)23-19-6-4-5-17(8-9-19)13-22-12-16(3)11-18(22)14-26-21(22)25;/h4-5,8-9,15,18H,3,6-7,10-14H2,1-2H3,(H,23,24);1H. The Morgan fingerprint density at radius 3 is 3.04 bits per heavy atom. The van der Waals surface area contributed by atoms with Gasteiger partial charge in [-0.25, -0.2) is 0 Å². The summed E-state index contributed by atoms with van der Waals surface area (Å²) in [6.07, 6.45) is 12.6. The van der Waals surface area contributed by atoms with Crippen LogP contribution in [0.1, 0.15) is 53.8 Å². The van der Waals surface area contributed by atoms with Gasteiger partial charge < -0.3 is 10.1 Å². The fourth-order valence-corrected chi connectivity index (χ4v) is 4.17. The van der Waals surface area contributed by atoms with Crippen LogP contribution in [0, 0.1) is 17.3 Å². The summed E-state index contributed by atoms with van der Waals surface area (Å²) in [5.74, 6) is 0.764. The summed E-state index contributed by atoms with van der Waals surface area (Å²) in [4.78, 5) is 24.5. The van der Waals surface area contributed by atoms with E-state index in [1.54, 1.807) is 0 Å². The summed E-state index contributed by atoms with van der Waals surface area (Å²) in [7, 11) is 0. The second kappa shape index (κ2) is 7.65. The molecule has 3 rings (SSSR count). The SMILES string of the molecule is C=C1CC2COC(=O)C2(CC2=CC=C(NC(=O)CCC(C)C)CC=C2)C1.[HH]. The topological polar surface area (TPSA) is 55.4 Å². The van der Waals surface area contributed by atoms with E-state index < -0.39 is 5.41 Å². The number of allylic oxidation sites excluding steroid dienone is 6. The highest BCUT2D eigenvalue weighted by molar-refractivity contribution is 5.81. The van der Waals surface area contributed by atoms with Crippen LogP contribution in [0.15, 0.2) is 47.7 Å². The molecular formula is C22H31NO3. The number of fused-ring (bicyclic) bond motifs is 1. The number of carbonyl (C=O) groups is 2. The quantitative estimate of drug-likeness (QED) is 0.564. The summed E-state index contributed by atoms with van der Waals surface area (Å²) in [6, 6.07) is 0. The highest BCUT2D eigenvalue weighted by Gasteiger charge is 2.56. The van der Waals surface area contributed by atoms with E-state index in [4.69, 9.17) is 4.74 Å². The van der Waals surface area contributed by atoms with E-state index in [-0.39, 0.29) is 19.2 Å². The van der Waals surface area contributed by atoms with Crippen molar-refractivity contribution in [2.24, 2.45) is 17.3 Å². The van der Waals surface area contributed by atoms with Crippen molar-refractivity contribution < 1.29 is 15.8 Å². The molecule has 4 heteroatoms. The van der Waals surface area contributed by atoms with Gasteiger partial charge in [-0.1, -0.05) is 44.2 Å². The Bertz CT molecular complexity index is 704. The summed E-state index contributed by atoms with van der Waals surface area (Å²) in [6.45, 7) is 8.85. The highest BCUT2D eigenvalue weighted by Crippen LogP contribution is 2.54. The van der Waals surface area contributed by atoms with Crippen molar-refractivity contribution in [1.82, 2.24) is 5.32 Å². The molecule has 1 amide bonds. The molecule has 1 aliphatic heterocycles. The van der Waals surface area contributed by atoms with E-state index in [1.807, 2.05) is 12.2 Å². The van der Waals surface area contributed by atoms with Gasteiger partial charge in [-0.05, 0) is 43.3 Å². The predicted molar refractivity (Wildman–Crippen MR) is 104 cm³/mol. The molecule has 1 heterocycles. The zero-order valence-corrected chi connectivity index (χ0v) is 15.8. The van der Waals surface area contributed by atoms with Gasteiger partial charge in [0.2, 0.25) is 5.91 Å². The van der Waals surface area contributed by atoms with Crippen LogP contribution in [-0.4, -0.2) is 18.5 Å². The minimum Gasteiger partial charge on any atom is -0.465 e. The number of esters is 1. The first-order valence-electron chi connectivity index (χ1n) is 9.59. The lowest BCUT2D eigenvalue weighted by Crippen LogP contribution is -2.29. The van der Waals surface area contributed by atoms with E-state index in [9.17, 15) is 9.59 Å². The molecule has 2 aliphatic carbocycles. The fourth-order valence-electron chi connectivity index (χ4n) is 4.17. The van der Waals surface area contributed by atoms with Crippen molar-refractivity contribution in [3.05, 3.63) is 47.7 Å². The predicted octanol–water partition coefficient (Wildman–Crippen LogP) is 4.45. The number of amides is 1. The Hall–Kier alpha value is -2.10. The Kier molecular flexibility index (Phi) is 5.49. The molecule has 1 saturated carbocycles. The second-order valence-corrected chi connectivity index (χ2v) is 8.28. The average Bonchev–Trinajstić information content (AvgIpc) is 2.93. The molecule has 2 atom stereocenters. The van der Waals surface area contributed by atoms with Crippen LogP contribution in [0.3, 0.4) is 0 Å². The molecule has 0 aromatic carbocycles. The van der Waals surface area contributed by atoms with Crippen molar-refractivity contribution in [3.8, 4) is 0 Å². The molecule has 2 unspecified atom stereocenters. The first-order chi connectivity index (χ1) is 12.4. The third-order valence-electron chi connectivity index (χ3n) is 5.64. The summed E-state index contributed by atoms with van der Waals surface area (Å²) >= 11 is 0. The van der Waals surface area contributed by atoms with Crippen LogP contribution in [0.2, 0.25) is 0 Å². The maximum Gasteiger partial charge on any atom is 0.313 e. The van der Waals surface area contributed by atoms with Gasteiger partial charge in [0.25, 0.3) is 0 Å². The fraction of sp³-hybridized carbons (Fsp3) is 0.545. The van der Waals surface area contributed by atoms with E-state index >= 15 is 0 Å². The lowest BCUT2D eigenvalue weighted by Gasteiger charge is -2.24. The number of hydrogen-bond donors (Lipinski definition) is 1. The lowest BCUT2D eigenvalue weighted by atomic mass is 9.75. The molecule has 26 heavy (non-hydrogen) atoms. The van der Waals surface area contributed by atoms with Crippen LogP contribution in [0.5, 0.6) is 0 Å². The Labute approximate surface area is 157 Å². The van der Waals surface area contributed by atoms with Crippen LogP contribution in [0.25, 0.3) is 0 Å². The van der Waals surface area contributed by atoms with Gasteiger partial charge in [0.1, 0.15) is 0 Å². The molecule has 2 fully saturated rings. The van der Waals surface area contributed by atoms with Crippen LogP contribution in [0.4, 0.5) is 0 Å². The van der Waals surface area contributed by atoms with Gasteiger partial charge in [-0.3, -0.25) is 9.59 Å². The average molecular weight is 357 g/mol. The minimum absolute atomic E-state index is 0. The van der Waals surface area contributed by atoms with E-state index in [1.165, 1.54) is 0 Å². The molecule has 142 valence electrons.